The lowest BCUT2D eigenvalue weighted by Crippen LogP contribution is -2.15. The molecule has 1 saturated heterocycles. The van der Waals surface area contributed by atoms with Gasteiger partial charge in [0.15, 0.2) is 0 Å². The van der Waals surface area contributed by atoms with Gasteiger partial charge in [0.1, 0.15) is 0 Å². The normalized spacial score (nSPS) is 21.6. The molecule has 2 heterocycles. The maximum Gasteiger partial charge on any atom is 0.243 e. The van der Waals surface area contributed by atoms with Crippen LogP contribution in [0.4, 0.5) is 0 Å². The van der Waals surface area contributed by atoms with Crippen LogP contribution in [0.25, 0.3) is 5.57 Å². The second-order valence-corrected chi connectivity index (χ2v) is 7.74. The van der Waals surface area contributed by atoms with E-state index in [1.54, 1.807) is 23.5 Å². The fourth-order valence-corrected chi connectivity index (χ4v) is 4.44. The molecule has 0 amide bonds. The fraction of sp³-hybridized carbons (Fsp3) is 0.200. The number of sulfonamides is 1. The largest absolute Gasteiger partial charge is 0.243 e. The van der Waals surface area contributed by atoms with Gasteiger partial charge in [-0.15, -0.1) is 11.3 Å². The van der Waals surface area contributed by atoms with E-state index in [1.165, 1.54) is 4.31 Å². The van der Waals surface area contributed by atoms with Gasteiger partial charge in [-0.2, -0.15) is 4.31 Å². The van der Waals surface area contributed by atoms with E-state index in [-0.39, 0.29) is 6.04 Å². The molecule has 2 atom stereocenters. The average molecular weight is 305 g/mol. The van der Waals surface area contributed by atoms with Gasteiger partial charge in [0.05, 0.1) is 10.9 Å². The minimum Gasteiger partial charge on any atom is -0.207 e. The topological polar surface area (TPSA) is 37.1 Å². The van der Waals surface area contributed by atoms with Crippen molar-refractivity contribution in [3.63, 3.8) is 0 Å². The average Bonchev–Trinajstić information content (AvgIpc) is 3.06. The Morgan fingerprint density at radius 1 is 1.30 bits per heavy atom. The molecule has 20 heavy (non-hydrogen) atoms. The van der Waals surface area contributed by atoms with Gasteiger partial charge in [-0.1, -0.05) is 30.3 Å². The molecule has 1 aliphatic heterocycles. The van der Waals surface area contributed by atoms with Crippen molar-refractivity contribution >= 4 is 26.9 Å². The first-order chi connectivity index (χ1) is 9.50. The van der Waals surface area contributed by atoms with E-state index in [2.05, 4.69) is 6.58 Å². The first kappa shape index (κ1) is 13.5. The second-order valence-electron chi connectivity index (χ2n) is 4.91. The third kappa shape index (κ3) is 2.32. The van der Waals surface area contributed by atoms with Crippen molar-refractivity contribution < 1.29 is 8.42 Å². The van der Waals surface area contributed by atoms with Crippen molar-refractivity contribution in [2.24, 2.45) is 0 Å². The van der Waals surface area contributed by atoms with E-state index in [9.17, 15) is 8.42 Å². The SMILES string of the molecule is C=C(c1cccs1)C1CN1S(=O)(=O)c1ccc(C)cc1. The molecular formula is C15H15NO2S2. The Labute approximate surface area is 123 Å². The minimum atomic E-state index is -3.39. The monoisotopic (exact) mass is 305 g/mol. The third-order valence-corrected chi connectivity index (χ3v) is 6.27. The summed E-state index contributed by atoms with van der Waals surface area (Å²) < 4.78 is 26.5. The molecular weight excluding hydrogens is 290 g/mol. The van der Waals surface area contributed by atoms with Crippen LogP contribution in [0.1, 0.15) is 10.4 Å². The van der Waals surface area contributed by atoms with Crippen LogP contribution in [0.2, 0.25) is 0 Å². The molecule has 5 heteroatoms. The zero-order valence-electron chi connectivity index (χ0n) is 11.1. The lowest BCUT2D eigenvalue weighted by molar-refractivity contribution is 0.559. The number of aryl methyl sites for hydroxylation is 1. The summed E-state index contributed by atoms with van der Waals surface area (Å²) in [7, 11) is -3.39. The predicted molar refractivity (Wildman–Crippen MR) is 82.2 cm³/mol. The van der Waals surface area contributed by atoms with Crippen LogP contribution in [0.15, 0.2) is 53.3 Å². The fourth-order valence-electron chi connectivity index (χ4n) is 2.14. The number of hydrogen-bond acceptors (Lipinski definition) is 3. The molecule has 0 aliphatic carbocycles. The lowest BCUT2D eigenvalue weighted by Gasteiger charge is -2.07. The second kappa shape index (κ2) is 4.84. The Morgan fingerprint density at radius 2 is 2.00 bits per heavy atom. The van der Waals surface area contributed by atoms with Crippen molar-refractivity contribution in [2.75, 3.05) is 6.54 Å². The minimum absolute atomic E-state index is 0.0973. The molecule has 2 unspecified atom stereocenters. The molecule has 0 bridgehead atoms. The van der Waals surface area contributed by atoms with E-state index in [0.717, 1.165) is 16.0 Å². The number of rotatable bonds is 4. The first-order valence-electron chi connectivity index (χ1n) is 6.31. The Balaban J connectivity index is 1.81. The first-order valence-corrected chi connectivity index (χ1v) is 8.63. The summed E-state index contributed by atoms with van der Waals surface area (Å²) in [6.07, 6.45) is 0. The Kier molecular flexibility index (Phi) is 3.28. The number of nitrogens with zero attached hydrogens (tertiary/aromatic N) is 1. The van der Waals surface area contributed by atoms with Crippen LogP contribution in [0.3, 0.4) is 0 Å². The highest BCUT2D eigenvalue weighted by atomic mass is 32.2. The van der Waals surface area contributed by atoms with Gasteiger partial charge in [0.25, 0.3) is 0 Å². The van der Waals surface area contributed by atoms with E-state index in [1.807, 2.05) is 36.6 Å². The molecule has 3 rings (SSSR count). The summed E-state index contributed by atoms with van der Waals surface area (Å²) in [4.78, 5) is 1.40. The summed E-state index contributed by atoms with van der Waals surface area (Å²) in [5, 5.41) is 1.97. The third-order valence-electron chi connectivity index (χ3n) is 3.43. The molecule has 1 aliphatic rings. The van der Waals surface area contributed by atoms with Gasteiger partial charge >= 0.3 is 0 Å². The highest BCUT2D eigenvalue weighted by molar-refractivity contribution is 7.89. The molecule has 1 aromatic carbocycles. The molecule has 1 fully saturated rings. The summed E-state index contributed by atoms with van der Waals surface area (Å²) in [6.45, 7) is 6.50. The van der Waals surface area contributed by atoms with Crippen molar-refractivity contribution in [1.29, 1.82) is 0 Å². The Bertz CT molecular complexity index is 731. The van der Waals surface area contributed by atoms with Crippen LogP contribution in [-0.2, 0) is 10.0 Å². The van der Waals surface area contributed by atoms with E-state index in [0.29, 0.717) is 11.4 Å². The van der Waals surface area contributed by atoms with Crippen molar-refractivity contribution in [1.82, 2.24) is 4.31 Å². The lowest BCUT2D eigenvalue weighted by atomic mass is 10.2. The number of thiophene rings is 1. The van der Waals surface area contributed by atoms with Gasteiger partial charge in [0.2, 0.25) is 10.0 Å². The molecule has 0 radical (unpaired) electrons. The molecule has 3 nitrogen and oxygen atoms in total. The molecule has 104 valence electrons. The van der Waals surface area contributed by atoms with Crippen LogP contribution in [0, 0.1) is 6.92 Å². The van der Waals surface area contributed by atoms with Crippen LogP contribution < -0.4 is 0 Å². The molecule has 0 spiro atoms. The summed E-state index contributed by atoms with van der Waals surface area (Å²) in [5.41, 5.74) is 1.94. The van der Waals surface area contributed by atoms with Crippen LogP contribution in [-0.4, -0.2) is 25.3 Å². The summed E-state index contributed by atoms with van der Waals surface area (Å²) >= 11 is 1.59. The number of benzene rings is 1. The summed E-state index contributed by atoms with van der Waals surface area (Å²) in [6, 6.07) is 10.8. The van der Waals surface area contributed by atoms with Crippen LogP contribution >= 0.6 is 11.3 Å². The van der Waals surface area contributed by atoms with Crippen molar-refractivity contribution in [2.45, 2.75) is 17.9 Å². The Hall–Kier alpha value is -1.43. The zero-order chi connectivity index (χ0) is 14.3. The van der Waals surface area contributed by atoms with Gasteiger partial charge in [-0.3, -0.25) is 0 Å². The zero-order valence-corrected chi connectivity index (χ0v) is 12.7. The quantitative estimate of drug-likeness (QED) is 0.814. The van der Waals surface area contributed by atoms with Gasteiger partial charge < -0.3 is 0 Å². The van der Waals surface area contributed by atoms with E-state index >= 15 is 0 Å². The van der Waals surface area contributed by atoms with E-state index in [4.69, 9.17) is 0 Å². The summed E-state index contributed by atoms with van der Waals surface area (Å²) in [5.74, 6) is 0. The molecule has 1 aromatic heterocycles. The molecule has 0 N–H and O–H groups in total. The smallest absolute Gasteiger partial charge is 0.207 e. The number of hydrogen-bond donors (Lipinski definition) is 0. The maximum absolute atomic E-state index is 12.5. The standard InChI is InChI=1S/C15H15NO2S2/c1-11-5-7-13(8-6-11)20(17,18)16-10-14(16)12(2)15-4-3-9-19-15/h3-9,14H,2,10H2,1H3. The highest BCUT2D eigenvalue weighted by Gasteiger charge is 2.46. The van der Waals surface area contributed by atoms with Gasteiger partial charge in [0, 0.05) is 11.4 Å². The van der Waals surface area contributed by atoms with Gasteiger partial charge in [-0.05, 0) is 36.1 Å². The predicted octanol–water partition coefficient (Wildman–Crippen LogP) is 3.14. The molecule has 0 saturated carbocycles. The van der Waals surface area contributed by atoms with Crippen molar-refractivity contribution in [3.8, 4) is 0 Å². The molecule has 2 aromatic rings. The van der Waals surface area contributed by atoms with E-state index < -0.39 is 10.0 Å². The Morgan fingerprint density at radius 3 is 2.60 bits per heavy atom. The van der Waals surface area contributed by atoms with Gasteiger partial charge in [-0.25, -0.2) is 8.42 Å². The van der Waals surface area contributed by atoms with Crippen LogP contribution in [0.5, 0.6) is 0 Å². The highest BCUT2D eigenvalue weighted by Crippen LogP contribution is 2.37. The van der Waals surface area contributed by atoms with Crippen molar-refractivity contribution in [3.05, 3.63) is 58.8 Å². The maximum atomic E-state index is 12.5.